The molecule has 7 rings (SSSR count). The van der Waals surface area contributed by atoms with Crippen LogP contribution in [0.5, 0.6) is 23.0 Å². The first-order valence-electron chi connectivity index (χ1n) is 22.4. The molecule has 75 heavy (non-hydrogen) atoms. The Hall–Kier alpha value is -3.31. The Morgan fingerprint density at radius 3 is 1.17 bits per heavy atom. The maximum atomic E-state index is 9.10. The molecular weight excluding hydrogens is 1220 g/mol. The van der Waals surface area contributed by atoms with Crippen molar-refractivity contribution in [3.05, 3.63) is 106 Å². The molecule has 4 aromatic carbocycles. The molecule has 0 aromatic heterocycles. The molecule has 0 unspecified atom stereocenters. The lowest BCUT2D eigenvalue weighted by Crippen LogP contribution is -2.41. The molecule has 3 aliphatic heterocycles. The van der Waals surface area contributed by atoms with Crippen molar-refractivity contribution in [1.82, 2.24) is 0 Å². The van der Waals surface area contributed by atoms with E-state index in [9.17, 15) is 0 Å². The van der Waals surface area contributed by atoms with Crippen LogP contribution in [0.25, 0.3) is 0 Å². The van der Waals surface area contributed by atoms with Gasteiger partial charge in [-0.3, -0.25) is 0 Å². The molecule has 0 spiro atoms. The van der Waals surface area contributed by atoms with Crippen LogP contribution in [0.4, 0.5) is 0 Å². The predicted molar refractivity (Wildman–Crippen MR) is 306 cm³/mol. The van der Waals surface area contributed by atoms with E-state index in [1.807, 2.05) is 101 Å². The summed E-state index contributed by atoms with van der Waals surface area (Å²) < 4.78 is 47.3. The third-order valence-electron chi connectivity index (χ3n) is 12.3. The van der Waals surface area contributed by atoms with Crippen LogP contribution >= 0.6 is 101 Å². The molecule has 0 bridgehead atoms. The molecule has 3 fully saturated rings. The van der Waals surface area contributed by atoms with Crippen molar-refractivity contribution in [2.45, 2.75) is 128 Å². The van der Waals surface area contributed by atoms with Crippen LogP contribution < -0.4 is 14.9 Å². The van der Waals surface area contributed by atoms with Crippen LogP contribution in [-0.2, 0) is 27.9 Å². The van der Waals surface area contributed by atoms with Gasteiger partial charge in [-0.1, -0.05) is 46.4 Å². The molecule has 0 atom stereocenters. The number of aromatic hydroxyl groups is 2. The second-order valence-corrected chi connectivity index (χ2v) is 24.2. The fourth-order valence-corrected chi connectivity index (χ4v) is 7.63. The van der Waals surface area contributed by atoms with Crippen LogP contribution in [0.2, 0.25) is 20.1 Å². The third kappa shape index (κ3) is 18.4. The molecule has 3 heterocycles. The summed E-state index contributed by atoms with van der Waals surface area (Å²) in [4.78, 5) is -0.222. The van der Waals surface area contributed by atoms with Crippen LogP contribution in [-0.4, -0.2) is 84.0 Å². The molecule has 3 aliphatic rings. The lowest BCUT2D eigenvalue weighted by Gasteiger charge is -2.32. The Kier molecular flexibility index (Phi) is 25.3. The molecule has 0 aliphatic carbocycles. The second-order valence-electron chi connectivity index (χ2n) is 19.3. The van der Waals surface area contributed by atoms with E-state index in [0.717, 1.165) is 4.47 Å². The number of ether oxygens (including phenoxy) is 2. The van der Waals surface area contributed by atoms with E-state index in [-0.39, 0.29) is 48.8 Å². The highest BCUT2D eigenvalue weighted by molar-refractivity contribution is 9.11. The average Bonchev–Trinajstić information content (AvgIpc) is 3.77. The van der Waals surface area contributed by atoms with Gasteiger partial charge in [0.05, 0.1) is 99.1 Å². The average molecular weight is 1280 g/mol. The minimum atomic E-state index is -0.584. The van der Waals surface area contributed by atoms with Crippen LogP contribution in [0.1, 0.15) is 112 Å². The standard InChI is InChI=1S/C14H17BClNO3.C12H24B2O4.C8H5BrClNO.C7H3BrClNO.C7H4ClNO.C2H4Cl2/c1-13(2)14(3,4)20-15(19-13)10-6-9(8-17)11(16)7-12(10)18-5;1-9(2)10(3,4)16-13(15-9)14-17-11(5,6)12(7,8)18-14;1-12-8-3-7(10)5(4-11)2-6(8)9;8-5-1-4(3-10)6(9)2-7(5)11;8-7-3-6(10)2-1-5(7)4-9;1-2(3)4/h6-7H,1-5H3;1-8H3;2-3H,1H3;1-2,11H;1-3,10H;2H,1H3. The number of halogens is 8. The molecule has 0 amide bonds. The third-order valence-corrected chi connectivity index (χ3v) is 14.8. The van der Waals surface area contributed by atoms with Crippen LogP contribution in [0.3, 0.4) is 0 Å². The van der Waals surface area contributed by atoms with Crippen molar-refractivity contribution in [3.63, 3.8) is 0 Å². The largest absolute Gasteiger partial charge is 0.508 e. The summed E-state index contributed by atoms with van der Waals surface area (Å²) in [6, 6.07) is 21.3. The van der Waals surface area contributed by atoms with E-state index in [2.05, 4.69) is 37.9 Å². The molecular formula is C50H57B3Br2Cl6N4O10. The zero-order valence-electron chi connectivity index (χ0n) is 44.0. The number of phenols is 2. The second kappa shape index (κ2) is 28.0. The summed E-state index contributed by atoms with van der Waals surface area (Å²) >= 11 is 39.3. The maximum Gasteiger partial charge on any atom is 0.498 e. The van der Waals surface area contributed by atoms with Gasteiger partial charge in [-0.2, -0.15) is 21.0 Å². The van der Waals surface area contributed by atoms with Crippen molar-refractivity contribution in [3.8, 4) is 47.3 Å². The summed E-state index contributed by atoms with van der Waals surface area (Å²) in [6.45, 7) is 25.8. The highest BCUT2D eigenvalue weighted by Gasteiger charge is 2.63. The van der Waals surface area contributed by atoms with Crippen molar-refractivity contribution >= 4 is 128 Å². The first kappa shape index (κ1) is 67.8. The van der Waals surface area contributed by atoms with Gasteiger partial charge in [-0.05, 0) is 164 Å². The molecule has 3 saturated heterocycles. The highest BCUT2D eigenvalue weighted by atomic mass is 79.9. The Balaban J connectivity index is 0.000000323. The maximum absolute atomic E-state index is 9.10. The number of phenolic OH excluding ortho intramolecular Hbond substituents is 2. The van der Waals surface area contributed by atoms with E-state index in [4.69, 9.17) is 138 Å². The number of alkyl halides is 2. The topological polar surface area (TPSA) is 209 Å². The van der Waals surface area contributed by atoms with Gasteiger partial charge >= 0.3 is 21.1 Å². The molecule has 14 nitrogen and oxygen atoms in total. The van der Waals surface area contributed by atoms with Crippen molar-refractivity contribution in [2.75, 3.05) is 14.2 Å². The zero-order chi connectivity index (χ0) is 57.8. The summed E-state index contributed by atoms with van der Waals surface area (Å²) in [5.74, 6) is 1.28. The number of rotatable bonds is 4. The van der Waals surface area contributed by atoms with Crippen molar-refractivity contribution in [2.24, 2.45) is 0 Å². The minimum Gasteiger partial charge on any atom is -0.508 e. The van der Waals surface area contributed by atoms with E-state index in [1.54, 1.807) is 45.4 Å². The van der Waals surface area contributed by atoms with Gasteiger partial charge in [-0.25, -0.2) is 0 Å². The highest BCUT2D eigenvalue weighted by Crippen LogP contribution is 2.43. The lowest BCUT2D eigenvalue weighted by atomic mass is 9.49. The molecule has 4 aromatic rings. The fraction of sp³-hybridized carbons (Fsp3) is 0.440. The van der Waals surface area contributed by atoms with Gasteiger partial charge < -0.3 is 47.6 Å². The SMILES string of the molecule is CC(Cl)Cl.CC1(C)OB(B2OC(C)(C)C(C)(C)O2)OC1(C)C.COc1cc(Cl)c(C#N)cc1B1OC(C)(C)C(C)(C)O1.COc1cc(Cl)c(C#N)cc1Br.N#Cc1cc(Br)c(O)cc1Cl.N#Cc1ccc(O)cc1Cl. The normalized spacial score (nSPS) is 17.4. The first-order chi connectivity index (χ1) is 34.4. The molecule has 402 valence electrons. The first-order valence-corrected chi connectivity index (χ1v) is 26.4. The van der Waals surface area contributed by atoms with Gasteiger partial charge in [0.1, 0.15) is 52.1 Å². The summed E-state index contributed by atoms with van der Waals surface area (Å²) in [6.07, 6.45) is 0. The molecule has 2 N–H and O–H groups in total. The van der Waals surface area contributed by atoms with E-state index in [1.165, 1.54) is 30.3 Å². The van der Waals surface area contributed by atoms with E-state index in [0.29, 0.717) is 53.7 Å². The van der Waals surface area contributed by atoms with Crippen molar-refractivity contribution in [1.29, 1.82) is 21.0 Å². The van der Waals surface area contributed by atoms with Gasteiger partial charge in [0.2, 0.25) is 0 Å². The predicted octanol–water partition coefficient (Wildman–Crippen LogP) is 14.2. The number of hydrogen-bond donors (Lipinski definition) is 2. The Morgan fingerprint density at radius 2 is 0.813 bits per heavy atom. The van der Waals surface area contributed by atoms with Gasteiger partial charge in [0, 0.05) is 17.6 Å². The summed E-state index contributed by atoms with van der Waals surface area (Å²) in [5.41, 5.74) is -0.139. The Morgan fingerprint density at radius 1 is 0.493 bits per heavy atom. The monoisotopic (exact) mass is 1270 g/mol. The molecule has 25 heteroatoms. The van der Waals surface area contributed by atoms with Crippen molar-refractivity contribution < 1.29 is 47.6 Å². The summed E-state index contributed by atoms with van der Waals surface area (Å²) in [7, 11) is 1.56. The quantitative estimate of drug-likeness (QED) is 0.144. The lowest BCUT2D eigenvalue weighted by molar-refractivity contribution is 0.00578. The number of benzene rings is 4. The van der Waals surface area contributed by atoms with Gasteiger partial charge in [0.15, 0.2) is 0 Å². The zero-order valence-corrected chi connectivity index (χ0v) is 51.7. The Labute approximate surface area is 488 Å². The number of nitrogens with zero attached hydrogens (tertiary/aromatic N) is 4. The van der Waals surface area contributed by atoms with Crippen LogP contribution in [0.15, 0.2) is 63.5 Å². The van der Waals surface area contributed by atoms with E-state index >= 15 is 0 Å². The van der Waals surface area contributed by atoms with E-state index < -0.39 is 32.3 Å². The fourth-order valence-electron chi connectivity index (χ4n) is 5.98. The Bertz CT molecular complexity index is 2740. The molecule has 0 radical (unpaired) electrons. The summed E-state index contributed by atoms with van der Waals surface area (Å²) in [5, 5.41) is 53.8. The smallest absolute Gasteiger partial charge is 0.498 e. The minimum absolute atomic E-state index is 0.0361. The number of hydrogen-bond acceptors (Lipinski definition) is 14. The van der Waals surface area contributed by atoms with Gasteiger partial charge in [0.25, 0.3) is 0 Å². The van der Waals surface area contributed by atoms with Crippen LogP contribution in [0, 0.1) is 45.3 Å². The number of nitriles is 4. The number of methoxy groups -OCH3 is 2. The van der Waals surface area contributed by atoms with Gasteiger partial charge in [-0.15, -0.1) is 23.2 Å². The molecule has 0 saturated carbocycles.